The van der Waals surface area contributed by atoms with E-state index in [1.807, 2.05) is 6.20 Å². The number of alkyl halides is 6. The Bertz CT molecular complexity index is 1110. The van der Waals surface area contributed by atoms with Gasteiger partial charge in [0.1, 0.15) is 0 Å². The number of nitrogens with one attached hydrogen (secondary N) is 1. The highest BCUT2D eigenvalue weighted by molar-refractivity contribution is 5.30. The summed E-state index contributed by atoms with van der Waals surface area (Å²) in [7, 11) is 0. The van der Waals surface area contributed by atoms with Gasteiger partial charge in [-0.25, -0.2) is 0 Å². The van der Waals surface area contributed by atoms with Crippen molar-refractivity contribution >= 4 is 0 Å². The van der Waals surface area contributed by atoms with Crippen LogP contribution in [0.25, 0.3) is 0 Å². The van der Waals surface area contributed by atoms with Gasteiger partial charge in [0.2, 0.25) is 0 Å². The van der Waals surface area contributed by atoms with Crippen LogP contribution in [0.15, 0.2) is 30.6 Å². The van der Waals surface area contributed by atoms with E-state index < -0.39 is 23.6 Å². The van der Waals surface area contributed by atoms with Crippen molar-refractivity contribution in [3.8, 4) is 0 Å². The van der Waals surface area contributed by atoms with Gasteiger partial charge in [0.05, 0.1) is 11.2 Å². The first-order chi connectivity index (χ1) is 18.0. The van der Waals surface area contributed by atoms with Crippen molar-refractivity contribution < 1.29 is 31.1 Å². The molecule has 1 aliphatic heterocycles. The van der Waals surface area contributed by atoms with Crippen LogP contribution >= 0.6 is 0 Å². The monoisotopic (exact) mass is 541 g/mol. The van der Waals surface area contributed by atoms with Crippen molar-refractivity contribution in [3.05, 3.63) is 58.7 Å². The molecule has 0 radical (unpaired) electrons. The SMILES string of the molecule is FC(F)(F)c1cc(CNCCC2(c3ccc(C4CCC4)cn3)CCOC3(CCCC3)C2)cnc1C(F)(F)F. The Morgan fingerprint density at radius 3 is 2.29 bits per heavy atom. The Morgan fingerprint density at radius 1 is 0.921 bits per heavy atom. The highest BCUT2D eigenvalue weighted by atomic mass is 19.4. The highest BCUT2D eigenvalue weighted by Gasteiger charge is 2.48. The van der Waals surface area contributed by atoms with Gasteiger partial charge in [0.25, 0.3) is 0 Å². The maximum atomic E-state index is 13.3. The van der Waals surface area contributed by atoms with Crippen LogP contribution in [0.3, 0.4) is 0 Å². The number of halogens is 6. The normalized spacial score (nSPS) is 24.1. The van der Waals surface area contributed by atoms with Crippen molar-refractivity contribution in [1.29, 1.82) is 0 Å². The number of hydrogen-bond acceptors (Lipinski definition) is 4. The van der Waals surface area contributed by atoms with E-state index in [4.69, 9.17) is 9.72 Å². The van der Waals surface area contributed by atoms with Crippen molar-refractivity contribution in [2.24, 2.45) is 0 Å². The molecule has 1 saturated heterocycles. The first-order valence-corrected chi connectivity index (χ1v) is 13.4. The molecule has 3 heterocycles. The molecule has 3 fully saturated rings. The molecule has 1 N–H and O–H groups in total. The third-order valence-corrected chi connectivity index (χ3v) is 8.70. The zero-order valence-electron chi connectivity index (χ0n) is 21.2. The lowest BCUT2D eigenvalue weighted by Gasteiger charge is -2.46. The van der Waals surface area contributed by atoms with Gasteiger partial charge in [-0.2, -0.15) is 26.3 Å². The second-order valence-electron chi connectivity index (χ2n) is 11.2. The molecule has 0 amide bonds. The summed E-state index contributed by atoms with van der Waals surface area (Å²) < 4.78 is 85.3. The van der Waals surface area contributed by atoms with E-state index >= 15 is 0 Å². The third-order valence-electron chi connectivity index (χ3n) is 8.70. The fraction of sp³-hybridized carbons (Fsp3) is 0.643. The van der Waals surface area contributed by atoms with Gasteiger partial charge in [-0.05, 0) is 80.7 Å². The van der Waals surface area contributed by atoms with Crippen LogP contribution < -0.4 is 5.32 Å². The van der Waals surface area contributed by atoms with E-state index in [9.17, 15) is 26.3 Å². The molecule has 38 heavy (non-hydrogen) atoms. The average Bonchev–Trinajstić information content (AvgIpc) is 3.27. The van der Waals surface area contributed by atoms with Crippen LogP contribution in [-0.4, -0.2) is 28.7 Å². The zero-order valence-corrected chi connectivity index (χ0v) is 21.2. The summed E-state index contributed by atoms with van der Waals surface area (Å²) in [6.45, 7) is 1.09. The molecular formula is C28H33F6N3O. The van der Waals surface area contributed by atoms with Crippen molar-refractivity contribution in [1.82, 2.24) is 15.3 Å². The second-order valence-corrected chi connectivity index (χ2v) is 11.2. The van der Waals surface area contributed by atoms with Crippen LogP contribution in [0.1, 0.15) is 98.2 Å². The van der Waals surface area contributed by atoms with Gasteiger partial charge in [0, 0.05) is 36.7 Å². The Labute approximate surface area is 218 Å². The van der Waals surface area contributed by atoms with E-state index in [0.717, 1.165) is 50.4 Å². The smallest absolute Gasteiger partial charge is 0.375 e. The molecule has 0 bridgehead atoms. The van der Waals surface area contributed by atoms with Gasteiger partial charge >= 0.3 is 12.4 Å². The van der Waals surface area contributed by atoms with Crippen molar-refractivity contribution in [3.63, 3.8) is 0 Å². The maximum absolute atomic E-state index is 13.3. The molecule has 2 aromatic rings. The molecule has 10 heteroatoms. The number of ether oxygens (including phenoxy) is 1. The number of nitrogens with zero attached hydrogens (tertiary/aromatic N) is 2. The van der Waals surface area contributed by atoms with Crippen LogP contribution in [0, 0.1) is 0 Å². The van der Waals surface area contributed by atoms with Crippen LogP contribution in [0.5, 0.6) is 0 Å². The quantitative estimate of drug-likeness (QED) is 0.295. The summed E-state index contributed by atoms with van der Waals surface area (Å²) in [5.74, 6) is 0.587. The van der Waals surface area contributed by atoms with Gasteiger partial charge in [-0.3, -0.25) is 9.97 Å². The van der Waals surface area contributed by atoms with Gasteiger partial charge in [-0.15, -0.1) is 0 Å². The van der Waals surface area contributed by atoms with E-state index in [-0.39, 0.29) is 23.1 Å². The molecule has 0 aromatic carbocycles. The Morgan fingerprint density at radius 2 is 1.68 bits per heavy atom. The largest absolute Gasteiger partial charge is 0.433 e. The lowest BCUT2D eigenvalue weighted by molar-refractivity contribution is -0.164. The summed E-state index contributed by atoms with van der Waals surface area (Å²) in [6, 6.07) is 4.86. The second kappa shape index (κ2) is 10.4. The molecule has 1 atom stereocenters. The van der Waals surface area contributed by atoms with Gasteiger partial charge in [-0.1, -0.05) is 25.3 Å². The summed E-state index contributed by atoms with van der Waals surface area (Å²) >= 11 is 0. The van der Waals surface area contributed by atoms with E-state index in [1.54, 1.807) is 0 Å². The van der Waals surface area contributed by atoms with Crippen LogP contribution in [0.2, 0.25) is 0 Å². The average molecular weight is 542 g/mol. The number of pyridine rings is 2. The molecule has 2 aliphatic carbocycles. The first kappa shape index (κ1) is 27.4. The molecule has 3 aliphatic rings. The van der Waals surface area contributed by atoms with Crippen LogP contribution in [0.4, 0.5) is 26.3 Å². The summed E-state index contributed by atoms with van der Waals surface area (Å²) in [6.07, 6.45) is 2.81. The van der Waals surface area contributed by atoms with Gasteiger partial charge in [0.15, 0.2) is 5.69 Å². The predicted octanol–water partition coefficient (Wildman–Crippen LogP) is 7.32. The fourth-order valence-corrected chi connectivity index (χ4v) is 6.43. The Hall–Kier alpha value is -2.20. The Balaban J connectivity index is 1.30. The third kappa shape index (κ3) is 5.71. The minimum Gasteiger partial charge on any atom is -0.375 e. The van der Waals surface area contributed by atoms with Crippen molar-refractivity contribution in [2.75, 3.05) is 13.2 Å². The summed E-state index contributed by atoms with van der Waals surface area (Å²) in [5.41, 5.74) is -1.72. The van der Waals surface area contributed by atoms with E-state index in [0.29, 0.717) is 31.6 Å². The van der Waals surface area contributed by atoms with Crippen molar-refractivity contribution in [2.45, 2.75) is 100 Å². The molecule has 1 spiro atoms. The molecule has 1 unspecified atom stereocenters. The van der Waals surface area contributed by atoms with Gasteiger partial charge < -0.3 is 10.1 Å². The number of rotatable bonds is 7. The Kier molecular flexibility index (Phi) is 7.50. The summed E-state index contributed by atoms with van der Waals surface area (Å²) in [4.78, 5) is 8.03. The maximum Gasteiger partial charge on any atom is 0.433 e. The fourth-order valence-electron chi connectivity index (χ4n) is 6.43. The minimum absolute atomic E-state index is 0.0139. The highest BCUT2D eigenvalue weighted by Crippen LogP contribution is 2.50. The molecule has 208 valence electrons. The van der Waals surface area contributed by atoms with E-state index in [2.05, 4.69) is 22.4 Å². The van der Waals surface area contributed by atoms with Crippen LogP contribution in [-0.2, 0) is 29.0 Å². The summed E-state index contributed by atoms with van der Waals surface area (Å²) in [5, 5.41) is 3.15. The minimum atomic E-state index is -5.18. The molecule has 2 saturated carbocycles. The standard InChI is InChI=1S/C28H33F6N3O/c29-27(30,31)22-14-19(16-37-24(22)28(32,33)34)15-35-12-10-25(11-13-38-26(18-25)8-1-2-9-26)23-7-6-21(17-36-23)20-4-3-5-20/h6-7,14,16-17,20,35H,1-5,8-13,15,18H2. The van der Waals surface area contributed by atoms with E-state index in [1.165, 1.54) is 24.8 Å². The lowest BCUT2D eigenvalue weighted by atomic mass is 9.67. The number of aromatic nitrogens is 2. The first-order valence-electron chi connectivity index (χ1n) is 13.4. The molecule has 4 nitrogen and oxygen atoms in total. The molecule has 2 aromatic heterocycles. The predicted molar refractivity (Wildman–Crippen MR) is 129 cm³/mol. The topological polar surface area (TPSA) is 47.0 Å². The lowest BCUT2D eigenvalue weighted by Crippen LogP contribution is -2.47. The number of hydrogen-bond donors (Lipinski definition) is 1. The molecular weight excluding hydrogens is 508 g/mol. The molecule has 5 rings (SSSR count). The zero-order chi connectivity index (χ0) is 27.0.